The molecule has 4 nitrogen and oxygen atoms in total. The van der Waals surface area contributed by atoms with E-state index in [2.05, 4.69) is 15.9 Å². The minimum atomic E-state index is -4.59. The molecule has 0 aromatic heterocycles. The molecule has 0 bridgehead atoms. The lowest BCUT2D eigenvalue weighted by atomic mass is 10.2. The van der Waals surface area contributed by atoms with Crippen LogP contribution in [0.1, 0.15) is 18.4 Å². The molecule has 21 heavy (non-hydrogen) atoms. The van der Waals surface area contributed by atoms with E-state index in [1.54, 1.807) is 0 Å². The second-order valence-electron chi connectivity index (χ2n) is 4.79. The Kier molecular flexibility index (Phi) is 4.67. The Hall–Kier alpha value is -0.640. The topological polar surface area (TPSA) is 63.4 Å². The molecule has 118 valence electrons. The lowest BCUT2D eigenvalue weighted by Gasteiger charge is -2.23. The van der Waals surface area contributed by atoms with Crippen molar-refractivity contribution in [3.05, 3.63) is 28.2 Å². The number of halogens is 4. The van der Waals surface area contributed by atoms with Crippen LogP contribution in [0.4, 0.5) is 13.2 Å². The molecule has 1 saturated heterocycles. The zero-order valence-electron chi connectivity index (χ0n) is 10.9. The first-order valence-corrected chi connectivity index (χ1v) is 8.50. The maximum Gasteiger partial charge on any atom is 0.416 e. The highest BCUT2D eigenvalue weighted by Crippen LogP contribution is 2.36. The Morgan fingerprint density at radius 1 is 1.38 bits per heavy atom. The van der Waals surface area contributed by atoms with E-state index in [0.717, 1.165) is 12.1 Å². The van der Waals surface area contributed by atoms with Crippen molar-refractivity contribution in [2.75, 3.05) is 13.1 Å². The summed E-state index contributed by atoms with van der Waals surface area (Å²) in [6, 6.07) is 2.23. The van der Waals surface area contributed by atoms with Crippen molar-refractivity contribution in [2.24, 2.45) is 5.73 Å². The summed E-state index contributed by atoms with van der Waals surface area (Å²) in [5, 5.41) is 0. The first-order chi connectivity index (χ1) is 9.67. The quantitative estimate of drug-likeness (QED) is 0.867. The van der Waals surface area contributed by atoms with Crippen LogP contribution in [0.5, 0.6) is 0 Å². The van der Waals surface area contributed by atoms with Crippen molar-refractivity contribution >= 4 is 26.0 Å². The van der Waals surface area contributed by atoms with Gasteiger partial charge in [0.15, 0.2) is 0 Å². The molecule has 0 spiro atoms. The second kappa shape index (κ2) is 5.86. The number of alkyl halides is 3. The minimum absolute atomic E-state index is 0.109. The van der Waals surface area contributed by atoms with Crippen LogP contribution in [0.25, 0.3) is 0 Å². The van der Waals surface area contributed by atoms with Gasteiger partial charge in [-0.2, -0.15) is 17.5 Å². The van der Waals surface area contributed by atoms with E-state index in [4.69, 9.17) is 5.73 Å². The zero-order chi connectivity index (χ0) is 15.8. The van der Waals surface area contributed by atoms with E-state index in [-0.39, 0.29) is 28.5 Å². The summed E-state index contributed by atoms with van der Waals surface area (Å²) < 4.78 is 64.7. The lowest BCUT2D eigenvalue weighted by Crippen LogP contribution is -2.40. The van der Waals surface area contributed by atoms with Crippen molar-refractivity contribution in [3.8, 4) is 0 Å². The van der Waals surface area contributed by atoms with Crippen LogP contribution >= 0.6 is 15.9 Å². The van der Waals surface area contributed by atoms with Gasteiger partial charge < -0.3 is 5.73 Å². The Morgan fingerprint density at radius 3 is 2.62 bits per heavy atom. The number of sulfonamides is 1. The van der Waals surface area contributed by atoms with Crippen molar-refractivity contribution in [1.29, 1.82) is 0 Å². The summed E-state index contributed by atoms with van der Waals surface area (Å²) >= 11 is 3.02. The molecule has 1 heterocycles. The lowest BCUT2D eigenvalue weighted by molar-refractivity contribution is -0.137. The highest BCUT2D eigenvalue weighted by Gasteiger charge is 2.38. The predicted octanol–water partition coefficient (Wildman–Crippen LogP) is 2.58. The van der Waals surface area contributed by atoms with Crippen molar-refractivity contribution < 1.29 is 21.6 Å². The molecular formula is C12H14BrF3N2O2S. The average Bonchev–Trinajstić information content (AvgIpc) is 2.86. The molecule has 1 aliphatic rings. The van der Waals surface area contributed by atoms with Crippen LogP contribution in [0.3, 0.4) is 0 Å². The molecule has 0 saturated carbocycles. The standard InChI is InChI=1S/C12H14BrF3N2O2S/c13-10-4-3-8(12(14,15)16)6-11(10)21(19,20)18-5-1-2-9(18)7-17/h3-4,6,9H,1-2,5,7,17H2. The molecule has 0 aliphatic carbocycles. The summed E-state index contributed by atoms with van der Waals surface area (Å²) in [7, 11) is -4.01. The summed E-state index contributed by atoms with van der Waals surface area (Å²) in [5.41, 5.74) is 4.55. The van der Waals surface area contributed by atoms with Crippen LogP contribution in [0, 0.1) is 0 Å². The van der Waals surface area contributed by atoms with Gasteiger partial charge in [-0.15, -0.1) is 0 Å². The maximum atomic E-state index is 12.8. The van der Waals surface area contributed by atoms with E-state index >= 15 is 0 Å². The highest BCUT2D eigenvalue weighted by atomic mass is 79.9. The summed E-state index contributed by atoms with van der Waals surface area (Å²) in [5.74, 6) is 0. The molecular weight excluding hydrogens is 373 g/mol. The number of rotatable bonds is 3. The van der Waals surface area contributed by atoms with E-state index in [9.17, 15) is 21.6 Å². The Labute approximate surface area is 129 Å². The fourth-order valence-electron chi connectivity index (χ4n) is 2.36. The van der Waals surface area contributed by atoms with Gasteiger partial charge in [-0.05, 0) is 47.0 Å². The third-order valence-corrected chi connectivity index (χ3v) is 6.39. The maximum absolute atomic E-state index is 12.8. The normalized spacial score (nSPS) is 20.9. The van der Waals surface area contributed by atoms with Gasteiger partial charge in [-0.25, -0.2) is 8.42 Å². The molecule has 1 aromatic rings. The zero-order valence-corrected chi connectivity index (χ0v) is 13.3. The van der Waals surface area contributed by atoms with Crippen LogP contribution in [0.2, 0.25) is 0 Å². The van der Waals surface area contributed by atoms with Crippen LogP contribution in [-0.2, 0) is 16.2 Å². The summed E-state index contributed by atoms with van der Waals surface area (Å²) in [4.78, 5) is -0.377. The van der Waals surface area contributed by atoms with Gasteiger partial charge >= 0.3 is 6.18 Å². The van der Waals surface area contributed by atoms with Crippen molar-refractivity contribution in [1.82, 2.24) is 4.31 Å². The second-order valence-corrected chi connectivity index (χ2v) is 7.50. The number of nitrogens with two attached hydrogens (primary N) is 1. The highest BCUT2D eigenvalue weighted by molar-refractivity contribution is 9.10. The van der Waals surface area contributed by atoms with Gasteiger partial charge in [-0.1, -0.05) is 0 Å². The SMILES string of the molecule is NCC1CCCN1S(=O)(=O)c1cc(C(F)(F)F)ccc1Br. The van der Waals surface area contributed by atoms with Gasteiger partial charge in [0, 0.05) is 23.6 Å². The van der Waals surface area contributed by atoms with Crippen LogP contribution < -0.4 is 5.73 Å². The number of hydrogen-bond donors (Lipinski definition) is 1. The molecule has 0 amide bonds. The summed E-state index contributed by atoms with van der Waals surface area (Å²) in [6.07, 6.45) is -3.33. The summed E-state index contributed by atoms with van der Waals surface area (Å²) in [6.45, 7) is 0.419. The Bertz CT molecular complexity index is 634. The van der Waals surface area contributed by atoms with E-state index in [0.29, 0.717) is 18.9 Å². The van der Waals surface area contributed by atoms with E-state index in [1.807, 2.05) is 0 Å². The van der Waals surface area contributed by atoms with Gasteiger partial charge in [-0.3, -0.25) is 0 Å². The predicted molar refractivity (Wildman–Crippen MR) is 75.1 cm³/mol. The largest absolute Gasteiger partial charge is 0.416 e. The van der Waals surface area contributed by atoms with Crippen LogP contribution in [-0.4, -0.2) is 31.9 Å². The molecule has 0 radical (unpaired) electrons. The average molecular weight is 387 g/mol. The molecule has 1 unspecified atom stereocenters. The molecule has 9 heteroatoms. The van der Waals surface area contributed by atoms with Crippen LogP contribution in [0.15, 0.2) is 27.6 Å². The molecule has 1 aromatic carbocycles. The molecule has 1 atom stereocenters. The van der Waals surface area contributed by atoms with Gasteiger partial charge in [0.05, 0.1) is 10.5 Å². The molecule has 1 fully saturated rings. The molecule has 1 aliphatic heterocycles. The first kappa shape index (κ1) is 16.7. The minimum Gasteiger partial charge on any atom is -0.329 e. The van der Waals surface area contributed by atoms with E-state index < -0.39 is 21.8 Å². The molecule has 2 N–H and O–H groups in total. The van der Waals surface area contributed by atoms with Gasteiger partial charge in [0.25, 0.3) is 0 Å². The fourth-order valence-corrected chi connectivity index (χ4v) is 5.02. The first-order valence-electron chi connectivity index (χ1n) is 6.26. The number of nitrogens with zero attached hydrogens (tertiary/aromatic N) is 1. The Morgan fingerprint density at radius 2 is 2.05 bits per heavy atom. The van der Waals surface area contributed by atoms with Crippen molar-refractivity contribution in [3.63, 3.8) is 0 Å². The van der Waals surface area contributed by atoms with E-state index in [1.165, 1.54) is 4.31 Å². The van der Waals surface area contributed by atoms with Crippen molar-refractivity contribution in [2.45, 2.75) is 30.0 Å². The monoisotopic (exact) mass is 386 g/mol. The number of benzene rings is 1. The Balaban J connectivity index is 2.49. The fraction of sp³-hybridized carbons (Fsp3) is 0.500. The third-order valence-electron chi connectivity index (χ3n) is 3.44. The third kappa shape index (κ3) is 3.25. The van der Waals surface area contributed by atoms with Gasteiger partial charge in [0.1, 0.15) is 0 Å². The van der Waals surface area contributed by atoms with Gasteiger partial charge in [0.2, 0.25) is 10.0 Å². The smallest absolute Gasteiger partial charge is 0.329 e. The number of hydrogen-bond acceptors (Lipinski definition) is 3. The molecule has 2 rings (SSSR count).